The van der Waals surface area contributed by atoms with E-state index in [4.69, 9.17) is 14.9 Å². The van der Waals surface area contributed by atoms with Crippen molar-refractivity contribution >= 4 is 5.97 Å². The molecule has 0 bridgehead atoms. The summed E-state index contributed by atoms with van der Waals surface area (Å²) in [6.07, 6.45) is 0. The summed E-state index contributed by atoms with van der Waals surface area (Å²) in [4.78, 5) is 10.3. The van der Waals surface area contributed by atoms with Crippen molar-refractivity contribution in [3.8, 4) is 5.75 Å². The zero-order valence-electron chi connectivity index (χ0n) is 10.6. The van der Waals surface area contributed by atoms with E-state index in [1.165, 1.54) is 0 Å². The van der Waals surface area contributed by atoms with Crippen LogP contribution in [0.15, 0.2) is 24.3 Å². The molecule has 5 heteroatoms. The quantitative estimate of drug-likeness (QED) is 0.676. The van der Waals surface area contributed by atoms with E-state index in [9.17, 15) is 4.79 Å². The molecule has 0 heterocycles. The number of aliphatic hydroxyl groups excluding tert-OH is 1. The fourth-order valence-corrected chi connectivity index (χ4v) is 1.25. The summed E-state index contributed by atoms with van der Waals surface area (Å²) in [6, 6.07) is 7.17. The molecule has 0 spiro atoms. The van der Waals surface area contributed by atoms with Crippen LogP contribution < -0.4 is 10.1 Å². The first-order valence-electron chi connectivity index (χ1n) is 5.72. The molecule has 0 unspecified atom stereocenters. The summed E-state index contributed by atoms with van der Waals surface area (Å²) in [5, 5.41) is 20.8. The van der Waals surface area contributed by atoms with Crippen LogP contribution in [-0.2, 0) is 11.3 Å². The zero-order chi connectivity index (χ0) is 13.6. The molecule has 0 radical (unpaired) electrons. The molecule has 0 aliphatic heterocycles. The van der Waals surface area contributed by atoms with Gasteiger partial charge in [-0.25, -0.2) is 4.79 Å². The van der Waals surface area contributed by atoms with E-state index in [0.29, 0.717) is 12.3 Å². The molecule has 0 atom stereocenters. The van der Waals surface area contributed by atoms with Gasteiger partial charge in [0.2, 0.25) is 0 Å². The van der Waals surface area contributed by atoms with Crippen LogP contribution >= 0.6 is 0 Å². The van der Waals surface area contributed by atoms with Gasteiger partial charge in [0, 0.05) is 12.1 Å². The molecule has 0 aliphatic carbocycles. The first-order chi connectivity index (χ1) is 8.43. The van der Waals surface area contributed by atoms with Gasteiger partial charge >= 0.3 is 5.97 Å². The maximum absolute atomic E-state index is 10.3. The molecule has 0 aliphatic rings. The SMILES string of the molecule is CC(C)(CO)NCc1ccc(OCC(=O)O)cc1. The largest absolute Gasteiger partial charge is 0.482 e. The lowest BCUT2D eigenvalue weighted by atomic mass is 10.1. The molecule has 3 N–H and O–H groups in total. The van der Waals surface area contributed by atoms with Gasteiger partial charge in [0.05, 0.1) is 6.61 Å². The van der Waals surface area contributed by atoms with Crippen LogP contribution in [0.2, 0.25) is 0 Å². The molecule has 0 fully saturated rings. The Morgan fingerprint density at radius 2 is 1.94 bits per heavy atom. The molecule has 0 saturated heterocycles. The third-order valence-electron chi connectivity index (χ3n) is 2.45. The second-order valence-corrected chi connectivity index (χ2v) is 4.72. The van der Waals surface area contributed by atoms with Crippen molar-refractivity contribution in [1.29, 1.82) is 0 Å². The average Bonchev–Trinajstić information content (AvgIpc) is 2.35. The van der Waals surface area contributed by atoms with Crippen LogP contribution in [0.25, 0.3) is 0 Å². The Bertz CT molecular complexity index is 386. The van der Waals surface area contributed by atoms with E-state index < -0.39 is 5.97 Å². The van der Waals surface area contributed by atoms with Crippen molar-refractivity contribution in [3.63, 3.8) is 0 Å². The molecule has 1 aromatic carbocycles. The van der Waals surface area contributed by atoms with Gasteiger partial charge in [-0.15, -0.1) is 0 Å². The van der Waals surface area contributed by atoms with E-state index in [-0.39, 0.29) is 18.8 Å². The Kier molecular flexibility index (Phi) is 5.12. The highest BCUT2D eigenvalue weighted by atomic mass is 16.5. The summed E-state index contributed by atoms with van der Waals surface area (Å²) < 4.78 is 5.03. The summed E-state index contributed by atoms with van der Waals surface area (Å²) >= 11 is 0. The van der Waals surface area contributed by atoms with Crippen LogP contribution in [0, 0.1) is 0 Å². The van der Waals surface area contributed by atoms with Gasteiger partial charge in [0.1, 0.15) is 5.75 Å². The van der Waals surface area contributed by atoms with Gasteiger partial charge in [0.15, 0.2) is 6.61 Å². The van der Waals surface area contributed by atoms with E-state index in [1.54, 1.807) is 12.1 Å². The Morgan fingerprint density at radius 1 is 1.33 bits per heavy atom. The molecule has 0 aromatic heterocycles. The van der Waals surface area contributed by atoms with Crippen LogP contribution in [0.4, 0.5) is 0 Å². The summed E-state index contributed by atoms with van der Waals surface area (Å²) in [5.41, 5.74) is 0.720. The highest BCUT2D eigenvalue weighted by Gasteiger charge is 2.14. The highest BCUT2D eigenvalue weighted by Crippen LogP contribution is 2.13. The minimum Gasteiger partial charge on any atom is -0.482 e. The second-order valence-electron chi connectivity index (χ2n) is 4.72. The van der Waals surface area contributed by atoms with Crippen molar-refractivity contribution in [1.82, 2.24) is 5.32 Å². The molecule has 1 aromatic rings. The number of carboxylic acids is 1. The second kappa shape index (κ2) is 6.37. The predicted molar refractivity (Wildman–Crippen MR) is 67.6 cm³/mol. The number of rotatable bonds is 7. The number of hydrogen-bond donors (Lipinski definition) is 3. The number of aliphatic carboxylic acids is 1. The molecule has 18 heavy (non-hydrogen) atoms. The Hall–Kier alpha value is -1.59. The van der Waals surface area contributed by atoms with E-state index in [0.717, 1.165) is 5.56 Å². The van der Waals surface area contributed by atoms with Crippen molar-refractivity contribution in [3.05, 3.63) is 29.8 Å². The Balaban J connectivity index is 2.47. The maximum Gasteiger partial charge on any atom is 0.341 e. The normalized spacial score (nSPS) is 11.3. The Labute approximate surface area is 106 Å². The first kappa shape index (κ1) is 14.5. The molecular formula is C13H19NO4. The molecule has 5 nitrogen and oxygen atoms in total. The van der Waals surface area contributed by atoms with Gasteiger partial charge in [-0.05, 0) is 31.5 Å². The number of nitrogens with one attached hydrogen (secondary N) is 1. The number of benzene rings is 1. The monoisotopic (exact) mass is 253 g/mol. The third-order valence-corrected chi connectivity index (χ3v) is 2.45. The number of carboxylic acid groups (broad SMARTS) is 1. The summed E-state index contributed by atoms with van der Waals surface area (Å²) in [5.74, 6) is -0.465. The lowest BCUT2D eigenvalue weighted by Crippen LogP contribution is -2.42. The lowest BCUT2D eigenvalue weighted by molar-refractivity contribution is -0.139. The molecule has 100 valence electrons. The van der Waals surface area contributed by atoms with Crippen LogP contribution in [0.1, 0.15) is 19.4 Å². The first-order valence-corrected chi connectivity index (χ1v) is 5.72. The van der Waals surface area contributed by atoms with E-state index in [1.807, 2.05) is 26.0 Å². The van der Waals surface area contributed by atoms with Crippen molar-refractivity contribution in [2.75, 3.05) is 13.2 Å². The van der Waals surface area contributed by atoms with Crippen LogP contribution in [-0.4, -0.2) is 34.9 Å². The zero-order valence-corrected chi connectivity index (χ0v) is 10.6. The highest BCUT2D eigenvalue weighted by molar-refractivity contribution is 5.68. The molecule has 1 rings (SSSR count). The van der Waals surface area contributed by atoms with E-state index in [2.05, 4.69) is 5.32 Å². The third kappa shape index (κ3) is 5.16. The fraction of sp³-hybridized carbons (Fsp3) is 0.462. The summed E-state index contributed by atoms with van der Waals surface area (Å²) in [6.45, 7) is 4.18. The minimum atomic E-state index is -0.995. The molecule has 0 amide bonds. The fourth-order valence-electron chi connectivity index (χ4n) is 1.25. The molecular weight excluding hydrogens is 234 g/mol. The smallest absolute Gasteiger partial charge is 0.341 e. The van der Waals surface area contributed by atoms with Crippen molar-refractivity contribution in [2.24, 2.45) is 0 Å². The number of carbonyl (C=O) groups is 1. The van der Waals surface area contributed by atoms with Gasteiger partial charge < -0.3 is 20.3 Å². The van der Waals surface area contributed by atoms with Gasteiger partial charge in [-0.2, -0.15) is 0 Å². The molecule has 0 saturated carbocycles. The Morgan fingerprint density at radius 3 is 2.44 bits per heavy atom. The van der Waals surface area contributed by atoms with Gasteiger partial charge in [-0.3, -0.25) is 0 Å². The van der Waals surface area contributed by atoms with Gasteiger partial charge in [0.25, 0.3) is 0 Å². The lowest BCUT2D eigenvalue weighted by Gasteiger charge is -2.23. The number of aliphatic hydroxyl groups is 1. The summed E-state index contributed by atoms with van der Waals surface area (Å²) in [7, 11) is 0. The average molecular weight is 253 g/mol. The topological polar surface area (TPSA) is 78.8 Å². The van der Waals surface area contributed by atoms with E-state index >= 15 is 0 Å². The maximum atomic E-state index is 10.3. The minimum absolute atomic E-state index is 0.0623. The van der Waals surface area contributed by atoms with Crippen LogP contribution in [0.3, 0.4) is 0 Å². The van der Waals surface area contributed by atoms with Crippen LogP contribution in [0.5, 0.6) is 5.75 Å². The number of ether oxygens (including phenoxy) is 1. The van der Waals surface area contributed by atoms with Crippen molar-refractivity contribution < 1.29 is 19.7 Å². The standard InChI is InChI=1S/C13H19NO4/c1-13(2,9-15)14-7-10-3-5-11(6-4-10)18-8-12(16)17/h3-6,14-15H,7-9H2,1-2H3,(H,16,17). The van der Waals surface area contributed by atoms with Crippen molar-refractivity contribution in [2.45, 2.75) is 25.9 Å². The number of hydrogen-bond acceptors (Lipinski definition) is 4. The van der Waals surface area contributed by atoms with Gasteiger partial charge in [-0.1, -0.05) is 12.1 Å². The predicted octanol–water partition coefficient (Wildman–Crippen LogP) is 1.01.